The molecule has 0 aliphatic carbocycles. The van der Waals surface area contributed by atoms with E-state index in [2.05, 4.69) is 50.4 Å². The zero-order chi connectivity index (χ0) is 34.0. The fourth-order valence-electron chi connectivity index (χ4n) is 7.94. The molecular weight excluding hydrogens is 614 g/mol. The van der Waals surface area contributed by atoms with Crippen LogP contribution >= 0.6 is 0 Å². The summed E-state index contributed by atoms with van der Waals surface area (Å²) in [4.78, 5) is 17.1. The van der Waals surface area contributed by atoms with Crippen LogP contribution in [0.25, 0.3) is 16.8 Å². The summed E-state index contributed by atoms with van der Waals surface area (Å²) in [5, 5.41) is 17.8. The average molecular weight is 662 g/mol. The molecule has 5 aliphatic rings. The summed E-state index contributed by atoms with van der Waals surface area (Å²) < 4.78 is 13.4. The smallest absolute Gasteiger partial charge is 0.147 e. The molecule has 2 unspecified atom stereocenters. The fourth-order valence-corrected chi connectivity index (χ4v) is 7.94. The Bertz CT molecular complexity index is 1780. The highest BCUT2D eigenvalue weighted by Gasteiger charge is 2.44. The summed E-state index contributed by atoms with van der Waals surface area (Å²) in [5.41, 5.74) is 5.22. The molecule has 1 N–H and O–H groups in total. The molecule has 2 bridgehead atoms. The van der Waals surface area contributed by atoms with Gasteiger partial charge in [-0.1, -0.05) is 25.3 Å². The molecule has 0 aromatic carbocycles. The van der Waals surface area contributed by atoms with E-state index in [1.807, 2.05) is 43.7 Å². The van der Waals surface area contributed by atoms with E-state index in [1.165, 1.54) is 25.7 Å². The number of hydrogen-bond acceptors (Lipinski definition) is 10. The highest BCUT2D eigenvalue weighted by molar-refractivity contribution is 5.83. The van der Waals surface area contributed by atoms with Gasteiger partial charge in [0, 0.05) is 50.4 Å². The monoisotopic (exact) mass is 661 g/mol. The Labute approximate surface area is 289 Å². The summed E-state index contributed by atoms with van der Waals surface area (Å²) in [5.74, 6) is 2.34. The number of nitrogens with zero attached hydrogens (tertiary/aromatic N) is 8. The molecule has 8 rings (SSSR count). The molecule has 0 amide bonds. The molecule has 0 saturated carbocycles. The van der Waals surface area contributed by atoms with Gasteiger partial charge in [0.25, 0.3) is 0 Å². The van der Waals surface area contributed by atoms with Crippen LogP contribution in [0.5, 0.6) is 5.75 Å². The molecule has 49 heavy (non-hydrogen) atoms. The molecular formula is C38H47N9O2. The summed E-state index contributed by atoms with van der Waals surface area (Å²) >= 11 is 0. The first-order chi connectivity index (χ1) is 23.9. The van der Waals surface area contributed by atoms with Gasteiger partial charge in [-0.15, -0.1) is 0 Å². The van der Waals surface area contributed by atoms with Gasteiger partial charge in [0.2, 0.25) is 0 Å². The van der Waals surface area contributed by atoms with Gasteiger partial charge in [-0.2, -0.15) is 10.4 Å². The van der Waals surface area contributed by atoms with Crippen LogP contribution < -0.4 is 15.0 Å². The van der Waals surface area contributed by atoms with Crippen LogP contribution in [-0.2, 0) is 4.74 Å². The van der Waals surface area contributed by atoms with Crippen LogP contribution in [0.15, 0.2) is 79.1 Å². The van der Waals surface area contributed by atoms with Gasteiger partial charge in [-0.25, -0.2) is 9.50 Å². The van der Waals surface area contributed by atoms with Gasteiger partial charge >= 0.3 is 0 Å². The molecule has 5 saturated heterocycles. The number of pyridine rings is 1. The number of nitrogens with one attached hydrogen (secondary N) is 1. The number of hydrogen-bond donors (Lipinski definition) is 1. The van der Waals surface area contributed by atoms with Gasteiger partial charge < -0.3 is 19.7 Å². The number of piperazine rings is 1. The number of anilines is 1. The lowest BCUT2D eigenvalue weighted by atomic mass is 9.78. The topological polar surface area (TPSA) is 107 Å². The predicted octanol–water partition coefficient (Wildman–Crippen LogP) is 4.60. The number of rotatable bonds is 12. The number of methoxy groups -OCH3 is 1. The Morgan fingerprint density at radius 3 is 2.61 bits per heavy atom. The lowest BCUT2D eigenvalue weighted by Crippen LogP contribution is -2.69. The third-order valence-corrected chi connectivity index (χ3v) is 10.9. The molecule has 0 radical (unpaired) electrons. The summed E-state index contributed by atoms with van der Waals surface area (Å²) in [6.07, 6.45) is 18.1. The van der Waals surface area contributed by atoms with Crippen molar-refractivity contribution in [2.24, 2.45) is 5.41 Å². The fraction of sp³-hybridized carbons (Fsp3) is 0.474. The zero-order valence-corrected chi connectivity index (χ0v) is 28.8. The molecule has 3 aromatic heterocycles. The van der Waals surface area contributed by atoms with E-state index in [0.29, 0.717) is 46.6 Å². The Morgan fingerprint density at radius 2 is 1.96 bits per heavy atom. The minimum atomic E-state index is 0.444. The van der Waals surface area contributed by atoms with Crippen LogP contribution in [0, 0.1) is 16.7 Å². The average Bonchev–Trinajstić information content (AvgIpc) is 3.77. The van der Waals surface area contributed by atoms with Crippen molar-refractivity contribution in [3.05, 3.63) is 84.7 Å². The second-order valence-electron chi connectivity index (χ2n) is 14.0. The zero-order valence-electron chi connectivity index (χ0n) is 28.8. The highest BCUT2D eigenvalue weighted by atomic mass is 16.5. The van der Waals surface area contributed by atoms with Crippen molar-refractivity contribution in [3.8, 4) is 23.1 Å². The van der Waals surface area contributed by atoms with Crippen LogP contribution in [-0.4, -0.2) is 108 Å². The van der Waals surface area contributed by atoms with Gasteiger partial charge in [0.15, 0.2) is 0 Å². The van der Waals surface area contributed by atoms with E-state index in [4.69, 9.17) is 19.4 Å². The Kier molecular flexibility index (Phi) is 9.54. The molecule has 8 heterocycles. The largest absolute Gasteiger partial charge is 0.497 e. The maximum Gasteiger partial charge on any atom is 0.147 e. The standard InChI is InChI=1S/C38H47N9O2/c1-5-28(6-7-35(48-4)27(2)3)22-46-30-16-31(46)24-45(23-30)36-21-41-34(20-42-36)33-17-32(25-47-37(33)29(18-39)19-43-47)49-15-14-44-12-9-38(10-13-44)8-11-40-26-38/h5-7,17,19-21,25,30-31,40H,1-2,8-16,22-24,26H2,3-4H3/b28-6+,35-7+. The van der Waals surface area contributed by atoms with Crippen molar-refractivity contribution in [1.29, 1.82) is 5.26 Å². The highest BCUT2D eigenvalue weighted by Crippen LogP contribution is 2.37. The van der Waals surface area contributed by atoms with Crippen molar-refractivity contribution < 1.29 is 9.47 Å². The van der Waals surface area contributed by atoms with Crippen molar-refractivity contribution in [3.63, 3.8) is 0 Å². The molecule has 5 aliphatic heterocycles. The minimum Gasteiger partial charge on any atom is -0.497 e. The lowest BCUT2D eigenvalue weighted by molar-refractivity contribution is 0.00881. The Morgan fingerprint density at radius 1 is 1.14 bits per heavy atom. The number of allylic oxidation sites excluding steroid dienone is 3. The van der Waals surface area contributed by atoms with Gasteiger partial charge in [-0.3, -0.25) is 14.8 Å². The van der Waals surface area contributed by atoms with Gasteiger partial charge in [0.05, 0.1) is 48.7 Å². The van der Waals surface area contributed by atoms with E-state index < -0.39 is 0 Å². The van der Waals surface area contributed by atoms with Crippen LogP contribution in [0.1, 0.15) is 38.2 Å². The third kappa shape index (κ3) is 6.86. The Hall–Kier alpha value is -4.50. The van der Waals surface area contributed by atoms with Crippen LogP contribution in [0.2, 0.25) is 0 Å². The molecule has 2 atom stereocenters. The van der Waals surface area contributed by atoms with E-state index >= 15 is 0 Å². The number of ether oxygens (including phenoxy) is 2. The Balaban J connectivity index is 1.00. The number of fused-ring (bicyclic) bond motifs is 3. The molecule has 11 heteroatoms. The predicted molar refractivity (Wildman–Crippen MR) is 191 cm³/mol. The number of aromatic nitrogens is 4. The maximum absolute atomic E-state index is 9.84. The van der Waals surface area contributed by atoms with Gasteiger partial charge in [0.1, 0.15) is 30.0 Å². The van der Waals surface area contributed by atoms with E-state index in [0.717, 1.165) is 80.6 Å². The third-order valence-electron chi connectivity index (χ3n) is 10.9. The molecule has 5 fully saturated rings. The van der Waals surface area contributed by atoms with Crippen molar-refractivity contribution >= 4 is 11.3 Å². The summed E-state index contributed by atoms with van der Waals surface area (Å²) in [6.45, 7) is 18.6. The van der Waals surface area contributed by atoms with Crippen LogP contribution in [0.4, 0.5) is 5.82 Å². The number of likely N-dealkylation sites (tertiary alicyclic amines) is 1. The second kappa shape index (κ2) is 14.2. The van der Waals surface area contributed by atoms with Crippen molar-refractivity contribution in [2.75, 3.05) is 71.0 Å². The SMILES string of the molecule is C=C/C(=C\C=C(\OC)C(=C)C)CN1C2CC1CN(c1cnc(-c3cc(OCCN4CCC5(CCNC5)CC4)cn4ncc(C#N)c34)cn1)C2. The maximum atomic E-state index is 9.84. The van der Waals surface area contributed by atoms with E-state index in [-0.39, 0.29) is 0 Å². The first-order valence-corrected chi connectivity index (χ1v) is 17.4. The van der Waals surface area contributed by atoms with E-state index in [1.54, 1.807) is 17.8 Å². The lowest BCUT2D eigenvalue weighted by Gasteiger charge is -2.56. The van der Waals surface area contributed by atoms with Gasteiger partial charge in [-0.05, 0) is 80.9 Å². The molecule has 3 aromatic rings. The first kappa shape index (κ1) is 33.0. The number of piperidine rings is 2. The summed E-state index contributed by atoms with van der Waals surface area (Å²) in [7, 11) is 1.67. The molecule has 11 nitrogen and oxygen atoms in total. The quantitative estimate of drug-likeness (QED) is 0.219. The first-order valence-electron chi connectivity index (χ1n) is 17.4. The summed E-state index contributed by atoms with van der Waals surface area (Å²) in [6, 6.07) is 5.14. The molecule has 256 valence electrons. The van der Waals surface area contributed by atoms with E-state index in [9.17, 15) is 5.26 Å². The van der Waals surface area contributed by atoms with Crippen LogP contribution in [0.3, 0.4) is 0 Å². The van der Waals surface area contributed by atoms with Crippen molar-refractivity contribution in [1.82, 2.24) is 34.7 Å². The molecule has 1 spiro atoms. The second-order valence-corrected chi connectivity index (χ2v) is 14.0. The minimum absolute atomic E-state index is 0.444. The normalized spacial score (nSPS) is 22.6. The number of nitriles is 1. The van der Waals surface area contributed by atoms with Crippen molar-refractivity contribution in [2.45, 2.75) is 44.7 Å².